The van der Waals surface area contributed by atoms with Crippen LogP contribution in [-0.4, -0.2) is 69.9 Å². The van der Waals surface area contributed by atoms with Crippen molar-refractivity contribution in [2.24, 2.45) is 10.9 Å². The minimum Gasteiger partial charge on any atom is -0.374 e. The van der Waals surface area contributed by atoms with Gasteiger partial charge in [-0.2, -0.15) is 0 Å². The number of halogens is 1. The Kier molecular flexibility index (Phi) is 10.7. The van der Waals surface area contributed by atoms with Crippen LogP contribution in [0.3, 0.4) is 0 Å². The first-order valence-electron chi connectivity index (χ1n) is 10.7. The van der Waals surface area contributed by atoms with Crippen molar-refractivity contribution in [1.29, 1.82) is 0 Å². The van der Waals surface area contributed by atoms with E-state index in [2.05, 4.69) is 60.7 Å². The summed E-state index contributed by atoms with van der Waals surface area (Å²) in [5.41, 5.74) is 2.55. The number of benzene rings is 1. The van der Waals surface area contributed by atoms with E-state index in [4.69, 9.17) is 14.5 Å². The van der Waals surface area contributed by atoms with Crippen molar-refractivity contribution in [3.05, 3.63) is 35.4 Å². The van der Waals surface area contributed by atoms with E-state index in [0.29, 0.717) is 5.92 Å². The number of aryl methyl sites for hydroxylation is 1. The van der Waals surface area contributed by atoms with Crippen LogP contribution in [-0.2, 0) is 9.47 Å². The first-order valence-corrected chi connectivity index (χ1v) is 10.7. The van der Waals surface area contributed by atoms with Gasteiger partial charge in [-0.15, -0.1) is 24.0 Å². The van der Waals surface area contributed by atoms with Gasteiger partial charge in [-0.25, -0.2) is 0 Å². The third-order valence-corrected chi connectivity index (χ3v) is 5.52. The minimum absolute atomic E-state index is 0. The monoisotopic (exact) mass is 516 g/mol. The van der Waals surface area contributed by atoms with Crippen molar-refractivity contribution in [1.82, 2.24) is 15.5 Å². The van der Waals surface area contributed by atoms with Crippen LogP contribution in [0, 0.1) is 12.8 Å². The second-order valence-corrected chi connectivity index (χ2v) is 7.96. The van der Waals surface area contributed by atoms with E-state index in [1.165, 1.54) is 11.1 Å². The molecule has 29 heavy (non-hydrogen) atoms. The Labute approximate surface area is 192 Å². The van der Waals surface area contributed by atoms with E-state index in [1.54, 1.807) is 0 Å². The van der Waals surface area contributed by atoms with Crippen LogP contribution in [0.1, 0.15) is 37.0 Å². The molecule has 2 aliphatic rings. The molecule has 0 aliphatic carbocycles. The molecule has 3 rings (SSSR count). The van der Waals surface area contributed by atoms with Crippen LogP contribution < -0.4 is 10.6 Å². The van der Waals surface area contributed by atoms with E-state index >= 15 is 0 Å². The molecule has 0 radical (unpaired) electrons. The molecule has 0 saturated carbocycles. The fourth-order valence-electron chi connectivity index (χ4n) is 3.91. The number of hydrogen-bond acceptors (Lipinski definition) is 4. The molecule has 2 aliphatic heterocycles. The Balaban J connectivity index is 0.00000300. The molecule has 0 spiro atoms. The molecule has 1 aromatic rings. The largest absolute Gasteiger partial charge is 0.374 e. The van der Waals surface area contributed by atoms with Gasteiger partial charge in [0.2, 0.25) is 0 Å². The molecule has 0 aromatic heterocycles. The Bertz CT molecular complexity index is 626. The fourth-order valence-corrected chi connectivity index (χ4v) is 3.91. The van der Waals surface area contributed by atoms with Gasteiger partial charge in [0.15, 0.2) is 5.96 Å². The van der Waals surface area contributed by atoms with Crippen LogP contribution in [0.4, 0.5) is 0 Å². The molecule has 3 unspecified atom stereocenters. The summed E-state index contributed by atoms with van der Waals surface area (Å²) in [4.78, 5) is 7.19. The molecular formula is C22H37IN4O2. The third kappa shape index (κ3) is 7.70. The highest BCUT2D eigenvalue weighted by atomic mass is 127. The maximum atomic E-state index is 6.14. The zero-order valence-corrected chi connectivity index (χ0v) is 20.4. The van der Waals surface area contributed by atoms with Gasteiger partial charge in [-0.3, -0.25) is 4.99 Å². The van der Waals surface area contributed by atoms with E-state index < -0.39 is 0 Å². The first-order chi connectivity index (χ1) is 13.7. The number of guanidine groups is 1. The minimum atomic E-state index is 0. The SMILES string of the molecule is CCNC(=NCC1CCCOC1c1ccc(C)cc1)NCC1CN(C)CCO1.I. The Morgan fingerprint density at radius 3 is 2.69 bits per heavy atom. The summed E-state index contributed by atoms with van der Waals surface area (Å²) in [6.45, 7) is 10.2. The van der Waals surface area contributed by atoms with Gasteiger partial charge in [0, 0.05) is 45.2 Å². The molecular weight excluding hydrogens is 479 g/mol. The van der Waals surface area contributed by atoms with Crippen molar-refractivity contribution in [2.45, 2.75) is 38.9 Å². The molecule has 164 valence electrons. The lowest BCUT2D eigenvalue weighted by Gasteiger charge is -2.32. The highest BCUT2D eigenvalue weighted by molar-refractivity contribution is 14.0. The summed E-state index contributed by atoms with van der Waals surface area (Å²) in [6.07, 6.45) is 2.60. The predicted molar refractivity (Wildman–Crippen MR) is 129 cm³/mol. The molecule has 6 nitrogen and oxygen atoms in total. The third-order valence-electron chi connectivity index (χ3n) is 5.52. The van der Waals surface area contributed by atoms with Crippen molar-refractivity contribution >= 4 is 29.9 Å². The number of nitrogens with zero attached hydrogens (tertiary/aromatic N) is 2. The lowest BCUT2D eigenvalue weighted by molar-refractivity contribution is -0.0251. The van der Waals surface area contributed by atoms with E-state index in [-0.39, 0.29) is 36.2 Å². The maximum absolute atomic E-state index is 6.14. The number of rotatable bonds is 6. The average molecular weight is 516 g/mol. The van der Waals surface area contributed by atoms with Gasteiger partial charge < -0.3 is 25.0 Å². The quantitative estimate of drug-likeness (QED) is 0.346. The van der Waals surface area contributed by atoms with E-state index in [9.17, 15) is 0 Å². The summed E-state index contributed by atoms with van der Waals surface area (Å²) in [6, 6.07) is 8.73. The van der Waals surface area contributed by atoms with Gasteiger partial charge in [0.25, 0.3) is 0 Å². The Hall–Kier alpha value is -0.900. The number of aliphatic imine (C=N–C) groups is 1. The van der Waals surface area contributed by atoms with Crippen molar-refractivity contribution < 1.29 is 9.47 Å². The first kappa shape index (κ1) is 24.4. The molecule has 2 saturated heterocycles. The van der Waals surface area contributed by atoms with Gasteiger partial charge in [0.05, 0.1) is 18.8 Å². The summed E-state index contributed by atoms with van der Waals surface area (Å²) in [7, 11) is 2.14. The fraction of sp³-hybridized carbons (Fsp3) is 0.682. The van der Waals surface area contributed by atoms with Crippen molar-refractivity contribution in [3.8, 4) is 0 Å². The number of likely N-dealkylation sites (N-methyl/N-ethyl adjacent to an activating group) is 1. The van der Waals surface area contributed by atoms with Crippen LogP contribution in [0.15, 0.2) is 29.3 Å². The molecule has 0 amide bonds. The smallest absolute Gasteiger partial charge is 0.191 e. The van der Waals surface area contributed by atoms with Crippen molar-refractivity contribution in [3.63, 3.8) is 0 Å². The second-order valence-electron chi connectivity index (χ2n) is 7.96. The summed E-state index contributed by atoms with van der Waals surface area (Å²) in [5.74, 6) is 1.27. The topological polar surface area (TPSA) is 58.1 Å². The van der Waals surface area contributed by atoms with Crippen LogP contribution in [0.25, 0.3) is 0 Å². The van der Waals surface area contributed by atoms with E-state index in [0.717, 1.165) is 64.7 Å². The zero-order chi connectivity index (χ0) is 19.8. The standard InChI is InChI=1S/C22H36N4O2.HI/c1-4-23-22(25-15-20-16-26(3)11-13-27-20)24-14-19-6-5-12-28-21(19)18-9-7-17(2)8-10-18;/h7-10,19-21H,4-6,11-16H2,1-3H3,(H2,23,24,25);1H. The van der Waals surface area contributed by atoms with E-state index in [1.807, 2.05) is 0 Å². The maximum Gasteiger partial charge on any atom is 0.191 e. The number of ether oxygens (including phenoxy) is 2. The van der Waals surface area contributed by atoms with Gasteiger partial charge in [-0.1, -0.05) is 29.8 Å². The predicted octanol–water partition coefficient (Wildman–Crippen LogP) is 2.97. The Morgan fingerprint density at radius 1 is 1.17 bits per heavy atom. The van der Waals surface area contributed by atoms with Gasteiger partial charge >= 0.3 is 0 Å². The molecule has 2 N–H and O–H groups in total. The van der Waals surface area contributed by atoms with Gasteiger partial charge in [-0.05, 0) is 39.3 Å². The second kappa shape index (κ2) is 12.7. The highest BCUT2D eigenvalue weighted by Gasteiger charge is 2.27. The summed E-state index contributed by atoms with van der Waals surface area (Å²) >= 11 is 0. The lowest BCUT2D eigenvalue weighted by atomic mass is 9.89. The van der Waals surface area contributed by atoms with Crippen LogP contribution in [0.2, 0.25) is 0 Å². The average Bonchev–Trinajstić information content (AvgIpc) is 2.71. The molecule has 0 bridgehead atoms. The normalized spacial score (nSPS) is 25.9. The summed E-state index contributed by atoms with van der Waals surface area (Å²) < 4.78 is 12.0. The highest BCUT2D eigenvalue weighted by Crippen LogP contribution is 2.33. The van der Waals surface area contributed by atoms with Crippen LogP contribution in [0.5, 0.6) is 0 Å². The lowest BCUT2D eigenvalue weighted by Crippen LogP contribution is -2.48. The van der Waals surface area contributed by atoms with Crippen molar-refractivity contribution in [2.75, 3.05) is 53.0 Å². The molecule has 2 heterocycles. The Morgan fingerprint density at radius 2 is 1.97 bits per heavy atom. The van der Waals surface area contributed by atoms with Gasteiger partial charge in [0.1, 0.15) is 0 Å². The molecule has 1 aromatic carbocycles. The number of nitrogens with one attached hydrogen (secondary N) is 2. The summed E-state index contributed by atoms with van der Waals surface area (Å²) in [5, 5.41) is 6.82. The zero-order valence-electron chi connectivity index (χ0n) is 18.0. The van der Waals surface area contributed by atoms with Crippen LogP contribution >= 0.6 is 24.0 Å². The number of hydrogen-bond donors (Lipinski definition) is 2. The molecule has 2 fully saturated rings. The molecule has 3 atom stereocenters. The number of morpholine rings is 1. The molecule has 7 heteroatoms.